The van der Waals surface area contributed by atoms with Gasteiger partial charge in [0.15, 0.2) is 5.69 Å². The van der Waals surface area contributed by atoms with Crippen LogP contribution >= 0.6 is 11.6 Å². The molecule has 0 amide bonds. The van der Waals surface area contributed by atoms with Gasteiger partial charge in [-0.1, -0.05) is 24.3 Å². The van der Waals surface area contributed by atoms with E-state index in [4.69, 9.17) is 11.6 Å². The maximum Gasteiger partial charge on any atom is 0.433 e. The molecule has 0 aliphatic heterocycles. The van der Waals surface area contributed by atoms with Crippen molar-refractivity contribution in [3.05, 3.63) is 52.4 Å². The van der Waals surface area contributed by atoms with Crippen LogP contribution in [0.2, 0.25) is 5.28 Å². The van der Waals surface area contributed by atoms with Crippen LogP contribution in [0, 0.1) is 6.92 Å². The van der Waals surface area contributed by atoms with E-state index in [0.717, 1.165) is 17.2 Å². The smallest absolute Gasteiger partial charge is 0.370 e. The van der Waals surface area contributed by atoms with Gasteiger partial charge in [-0.25, -0.2) is 9.97 Å². The number of nitrogens with zero attached hydrogens (tertiary/aromatic N) is 2. The molecule has 0 bridgehead atoms. The van der Waals surface area contributed by atoms with Crippen molar-refractivity contribution in [3.8, 4) is 0 Å². The molecule has 112 valence electrons. The van der Waals surface area contributed by atoms with Gasteiger partial charge in [-0.2, -0.15) is 13.2 Å². The van der Waals surface area contributed by atoms with Crippen LogP contribution < -0.4 is 5.32 Å². The quantitative estimate of drug-likeness (QED) is 0.863. The van der Waals surface area contributed by atoms with Gasteiger partial charge < -0.3 is 5.32 Å². The van der Waals surface area contributed by atoms with Crippen LogP contribution in [-0.4, -0.2) is 16.5 Å². The van der Waals surface area contributed by atoms with Crippen molar-refractivity contribution < 1.29 is 13.2 Å². The summed E-state index contributed by atoms with van der Waals surface area (Å²) >= 11 is 5.51. The lowest BCUT2D eigenvalue weighted by molar-refractivity contribution is -0.141. The Balaban J connectivity index is 2.04. The summed E-state index contributed by atoms with van der Waals surface area (Å²) in [6.45, 7) is 2.44. The van der Waals surface area contributed by atoms with Gasteiger partial charge in [-0.15, -0.1) is 0 Å². The van der Waals surface area contributed by atoms with Crippen LogP contribution in [0.25, 0.3) is 0 Å². The normalized spacial score (nSPS) is 11.5. The molecule has 0 aliphatic carbocycles. The molecule has 0 aliphatic rings. The van der Waals surface area contributed by atoms with Gasteiger partial charge in [0.25, 0.3) is 0 Å². The molecule has 2 aromatic rings. The number of benzene rings is 1. The lowest BCUT2D eigenvalue weighted by Crippen LogP contribution is -2.12. The highest BCUT2D eigenvalue weighted by molar-refractivity contribution is 6.28. The molecule has 1 heterocycles. The molecular formula is C14H13ClF3N3. The summed E-state index contributed by atoms with van der Waals surface area (Å²) in [4.78, 5) is 6.92. The fraction of sp³-hybridized carbons (Fsp3) is 0.286. The molecule has 21 heavy (non-hydrogen) atoms. The zero-order valence-corrected chi connectivity index (χ0v) is 12.0. The number of nitrogens with one attached hydrogen (secondary N) is 1. The number of alkyl halides is 3. The average Bonchev–Trinajstić information content (AvgIpc) is 2.39. The molecular weight excluding hydrogens is 303 g/mol. The first kappa shape index (κ1) is 15.6. The minimum absolute atomic E-state index is 0.0657. The summed E-state index contributed by atoms with van der Waals surface area (Å²) in [5, 5.41) is 2.41. The molecule has 2 rings (SSSR count). The van der Waals surface area contributed by atoms with Gasteiger partial charge >= 0.3 is 6.18 Å². The molecule has 1 aromatic carbocycles. The van der Waals surface area contributed by atoms with Crippen molar-refractivity contribution in [2.45, 2.75) is 19.5 Å². The molecule has 0 saturated heterocycles. The van der Waals surface area contributed by atoms with E-state index in [1.54, 1.807) is 0 Å². The summed E-state index contributed by atoms with van der Waals surface area (Å²) in [7, 11) is 0. The van der Waals surface area contributed by atoms with Crippen molar-refractivity contribution in [2.24, 2.45) is 0 Å². The molecule has 3 nitrogen and oxygen atoms in total. The van der Waals surface area contributed by atoms with E-state index in [-0.39, 0.29) is 5.82 Å². The molecule has 0 unspecified atom stereocenters. The van der Waals surface area contributed by atoms with Crippen LogP contribution in [0.4, 0.5) is 19.0 Å². The van der Waals surface area contributed by atoms with Crippen molar-refractivity contribution in [2.75, 3.05) is 11.9 Å². The highest BCUT2D eigenvalue weighted by Crippen LogP contribution is 2.29. The Hall–Kier alpha value is -1.82. The van der Waals surface area contributed by atoms with Crippen molar-refractivity contribution in [1.29, 1.82) is 0 Å². The highest BCUT2D eigenvalue weighted by atomic mass is 35.5. The zero-order valence-electron chi connectivity index (χ0n) is 11.2. The Morgan fingerprint density at radius 3 is 2.57 bits per heavy atom. The number of halogens is 4. The number of rotatable bonds is 4. The summed E-state index contributed by atoms with van der Waals surface area (Å²) in [5.74, 6) is 0.0657. The van der Waals surface area contributed by atoms with Crippen molar-refractivity contribution in [3.63, 3.8) is 0 Å². The Kier molecular flexibility index (Phi) is 4.67. The molecule has 0 fully saturated rings. The second kappa shape index (κ2) is 6.30. The third-order valence-corrected chi connectivity index (χ3v) is 3.12. The van der Waals surface area contributed by atoms with E-state index in [9.17, 15) is 13.2 Å². The van der Waals surface area contributed by atoms with Crippen LogP contribution in [-0.2, 0) is 12.6 Å². The highest BCUT2D eigenvalue weighted by Gasteiger charge is 2.33. The fourth-order valence-electron chi connectivity index (χ4n) is 1.87. The Morgan fingerprint density at radius 1 is 1.19 bits per heavy atom. The minimum atomic E-state index is -4.54. The molecule has 0 atom stereocenters. The Morgan fingerprint density at radius 2 is 1.90 bits per heavy atom. The van der Waals surface area contributed by atoms with E-state index < -0.39 is 17.2 Å². The number of hydrogen-bond donors (Lipinski definition) is 1. The third-order valence-electron chi connectivity index (χ3n) is 2.95. The standard InChI is InChI=1S/C14H13ClF3N3/c1-9-4-2-3-5-10(9)6-7-19-12-8-11(14(16,17)18)20-13(15)21-12/h2-5,8H,6-7H2,1H3,(H,19,20,21). The van der Waals surface area contributed by atoms with Crippen LogP contribution in [0.15, 0.2) is 30.3 Å². The molecule has 7 heteroatoms. The maximum atomic E-state index is 12.6. The molecule has 0 spiro atoms. The molecule has 1 aromatic heterocycles. The molecule has 1 N–H and O–H groups in total. The van der Waals surface area contributed by atoms with Crippen LogP contribution in [0.5, 0.6) is 0 Å². The third kappa shape index (κ3) is 4.32. The van der Waals surface area contributed by atoms with Gasteiger partial charge in [0.05, 0.1) is 0 Å². The van der Waals surface area contributed by atoms with Gasteiger partial charge in [0.1, 0.15) is 5.82 Å². The van der Waals surface area contributed by atoms with E-state index in [1.165, 1.54) is 0 Å². The summed E-state index contributed by atoms with van der Waals surface area (Å²) in [6.07, 6.45) is -3.87. The van der Waals surface area contributed by atoms with Gasteiger partial charge in [0.2, 0.25) is 5.28 Å². The lowest BCUT2D eigenvalue weighted by atomic mass is 10.1. The van der Waals surface area contributed by atoms with Gasteiger partial charge in [-0.3, -0.25) is 0 Å². The van der Waals surface area contributed by atoms with Crippen LogP contribution in [0.3, 0.4) is 0 Å². The largest absolute Gasteiger partial charge is 0.433 e. The van der Waals surface area contributed by atoms with Crippen molar-refractivity contribution in [1.82, 2.24) is 9.97 Å². The summed E-state index contributed by atoms with van der Waals surface area (Å²) < 4.78 is 37.8. The van der Waals surface area contributed by atoms with E-state index in [0.29, 0.717) is 13.0 Å². The summed E-state index contributed by atoms with van der Waals surface area (Å²) in [6, 6.07) is 8.67. The average molecular weight is 316 g/mol. The predicted molar refractivity (Wildman–Crippen MR) is 75.4 cm³/mol. The number of aryl methyl sites for hydroxylation is 1. The monoisotopic (exact) mass is 315 g/mol. The predicted octanol–water partition coefficient (Wildman–Crippen LogP) is 4.11. The lowest BCUT2D eigenvalue weighted by Gasteiger charge is -2.10. The Bertz CT molecular complexity index is 629. The van der Waals surface area contributed by atoms with E-state index in [1.807, 2.05) is 31.2 Å². The Labute approximate surface area is 125 Å². The van der Waals surface area contributed by atoms with E-state index in [2.05, 4.69) is 15.3 Å². The fourth-order valence-corrected chi connectivity index (χ4v) is 2.05. The second-order valence-electron chi connectivity index (χ2n) is 4.51. The number of hydrogen-bond acceptors (Lipinski definition) is 3. The number of anilines is 1. The molecule has 0 saturated carbocycles. The van der Waals surface area contributed by atoms with Crippen LogP contribution in [0.1, 0.15) is 16.8 Å². The zero-order chi connectivity index (χ0) is 15.5. The number of aromatic nitrogens is 2. The first-order valence-corrected chi connectivity index (χ1v) is 6.64. The second-order valence-corrected chi connectivity index (χ2v) is 4.85. The SMILES string of the molecule is Cc1ccccc1CCNc1cc(C(F)(F)F)nc(Cl)n1. The topological polar surface area (TPSA) is 37.8 Å². The van der Waals surface area contributed by atoms with Gasteiger partial charge in [-0.05, 0) is 36.1 Å². The first-order chi connectivity index (χ1) is 9.86. The van der Waals surface area contributed by atoms with Gasteiger partial charge in [0, 0.05) is 12.6 Å². The first-order valence-electron chi connectivity index (χ1n) is 6.26. The van der Waals surface area contributed by atoms with Crippen molar-refractivity contribution >= 4 is 17.4 Å². The summed E-state index contributed by atoms with van der Waals surface area (Å²) in [5.41, 5.74) is 1.21. The molecule has 0 radical (unpaired) electrons. The van der Waals surface area contributed by atoms with E-state index >= 15 is 0 Å². The minimum Gasteiger partial charge on any atom is -0.370 e. The maximum absolute atomic E-state index is 12.6.